The fraction of sp³-hybridized carbons (Fsp3) is 0.500. The molecule has 1 aromatic heterocycles. The Kier molecular flexibility index (Phi) is 5.39. The average molecular weight is 401 g/mol. The summed E-state index contributed by atoms with van der Waals surface area (Å²) in [4.78, 5) is 41.9. The lowest BCUT2D eigenvalue weighted by Crippen LogP contribution is -2.50. The molecule has 8 heteroatoms. The minimum absolute atomic E-state index is 0.0735. The fourth-order valence-corrected chi connectivity index (χ4v) is 4.97. The molecule has 2 fully saturated rings. The van der Waals surface area contributed by atoms with Crippen LogP contribution in [0.3, 0.4) is 0 Å². The lowest BCUT2D eigenvalue weighted by molar-refractivity contribution is -0.143. The zero-order valence-electron chi connectivity index (χ0n) is 16.0. The first kappa shape index (κ1) is 19.0. The third-order valence-electron chi connectivity index (χ3n) is 5.53. The molecule has 2 saturated heterocycles. The maximum atomic E-state index is 13.1. The van der Waals surface area contributed by atoms with E-state index in [1.54, 1.807) is 24.1 Å². The molecule has 0 bridgehead atoms. The minimum atomic E-state index is -0.366. The van der Waals surface area contributed by atoms with Gasteiger partial charge in [-0.3, -0.25) is 14.4 Å². The number of aryl methyl sites for hydroxylation is 1. The van der Waals surface area contributed by atoms with E-state index in [0.717, 1.165) is 37.4 Å². The van der Waals surface area contributed by atoms with Crippen molar-refractivity contribution in [3.05, 3.63) is 40.3 Å². The zero-order valence-corrected chi connectivity index (χ0v) is 16.8. The second kappa shape index (κ2) is 7.95. The lowest BCUT2D eigenvalue weighted by Gasteiger charge is -2.32. The Bertz CT molecular complexity index is 968. The maximum Gasteiger partial charge on any atom is 0.274 e. The Morgan fingerprint density at radius 2 is 1.86 bits per heavy atom. The standard InChI is InChI=1S/C20H24N4O3S/c1-22-19(26)15-6-3-2-5-14(15)16(21-22)13-18(25)24-8-4-7-17(24)20(27)23-9-11-28-12-10-23/h2-3,5-6,17H,4,7-13H2,1H3. The van der Waals surface area contributed by atoms with Gasteiger partial charge in [0.05, 0.1) is 17.5 Å². The van der Waals surface area contributed by atoms with Gasteiger partial charge in [-0.25, -0.2) is 4.68 Å². The number of hydrogen-bond acceptors (Lipinski definition) is 5. The van der Waals surface area contributed by atoms with E-state index in [-0.39, 0.29) is 29.8 Å². The SMILES string of the molecule is Cn1nc(CC(=O)N2CCCC2C(=O)N2CCSCC2)c2ccccc2c1=O. The largest absolute Gasteiger partial charge is 0.339 e. The van der Waals surface area contributed by atoms with Crippen LogP contribution in [-0.4, -0.2) is 68.6 Å². The van der Waals surface area contributed by atoms with Crippen LogP contribution in [0.25, 0.3) is 10.8 Å². The average Bonchev–Trinajstić information content (AvgIpc) is 3.22. The number of carbonyl (C=O) groups excluding carboxylic acids is 2. The van der Waals surface area contributed by atoms with E-state index in [1.165, 1.54) is 4.68 Å². The molecule has 0 aliphatic carbocycles. The number of amides is 2. The molecular formula is C20H24N4O3S. The summed E-state index contributed by atoms with van der Waals surface area (Å²) in [6.07, 6.45) is 1.65. The van der Waals surface area contributed by atoms with Gasteiger partial charge >= 0.3 is 0 Å². The van der Waals surface area contributed by atoms with E-state index in [4.69, 9.17) is 0 Å². The Morgan fingerprint density at radius 3 is 2.61 bits per heavy atom. The summed E-state index contributed by atoms with van der Waals surface area (Å²) < 4.78 is 1.28. The number of carbonyl (C=O) groups is 2. The lowest BCUT2D eigenvalue weighted by atomic mass is 10.1. The number of aromatic nitrogens is 2. The number of likely N-dealkylation sites (tertiary alicyclic amines) is 1. The molecule has 2 aliphatic rings. The van der Waals surface area contributed by atoms with Gasteiger partial charge in [0, 0.05) is 43.6 Å². The molecule has 0 saturated carbocycles. The van der Waals surface area contributed by atoms with Crippen molar-refractivity contribution in [1.29, 1.82) is 0 Å². The molecule has 28 heavy (non-hydrogen) atoms. The van der Waals surface area contributed by atoms with Gasteiger partial charge in [0.25, 0.3) is 5.56 Å². The van der Waals surface area contributed by atoms with Gasteiger partial charge < -0.3 is 9.80 Å². The van der Waals surface area contributed by atoms with Crippen LogP contribution < -0.4 is 5.56 Å². The van der Waals surface area contributed by atoms with Crippen LogP contribution in [-0.2, 0) is 23.1 Å². The highest BCUT2D eigenvalue weighted by molar-refractivity contribution is 7.99. The highest BCUT2D eigenvalue weighted by atomic mass is 32.2. The number of rotatable bonds is 3. The predicted molar refractivity (Wildman–Crippen MR) is 109 cm³/mol. The first-order valence-corrected chi connectivity index (χ1v) is 10.8. The van der Waals surface area contributed by atoms with Crippen molar-refractivity contribution in [2.24, 2.45) is 7.05 Å². The summed E-state index contributed by atoms with van der Waals surface area (Å²) >= 11 is 1.86. The topological polar surface area (TPSA) is 75.5 Å². The summed E-state index contributed by atoms with van der Waals surface area (Å²) in [7, 11) is 1.60. The smallest absolute Gasteiger partial charge is 0.274 e. The first-order chi connectivity index (χ1) is 13.6. The Balaban J connectivity index is 1.56. The summed E-state index contributed by atoms with van der Waals surface area (Å²) in [6, 6.07) is 6.86. The normalized spacial score (nSPS) is 20.0. The van der Waals surface area contributed by atoms with Crippen LogP contribution in [0.1, 0.15) is 18.5 Å². The maximum absolute atomic E-state index is 13.1. The number of hydrogen-bond donors (Lipinski definition) is 0. The molecule has 2 aromatic rings. The van der Waals surface area contributed by atoms with Gasteiger partial charge in [-0.2, -0.15) is 16.9 Å². The number of thioether (sulfide) groups is 1. The molecular weight excluding hydrogens is 376 g/mol. The monoisotopic (exact) mass is 400 g/mol. The van der Waals surface area contributed by atoms with Gasteiger partial charge in [0.1, 0.15) is 6.04 Å². The van der Waals surface area contributed by atoms with E-state index in [1.807, 2.05) is 28.8 Å². The quantitative estimate of drug-likeness (QED) is 0.770. The van der Waals surface area contributed by atoms with Gasteiger partial charge in [-0.15, -0.1) is 0 Å². The van der Waals surface area contributed by atoms with Crippen molar-refractivity contribution in [3.8, 4) is 0 Å². The summed E-state index contributed by atoms with van der Waals surface area (Å²) in [5, 5.41) is 5.59. The van der Waals surface area contributed by atoms with E-state index in [0.29, 0.717) is 23.0 Å². The number of nitrogens with zero attached hydrogens (tertiary/aromatic N) is 4. The molecule has 0 radical (unpaired) electrons. The van der Waals surface area contributed by atoms with E-state index >= 15 is 0 Å². The summed E-state index contributed by atoms with van der Waals surface area (Å²) in [5.74, 6) is 1.89. The molecule has 148 valence electrons. The molecule has 1 atom stereocenters. The molecule has 0 N–H and O–H groups in total. The van der Waals surface area contributed by atoms with Gasteiger partial charge in [-0.05, 0) is 18.9 Å². The second-order valence-corrected chi connectivity index (χ2v) is 8.51. The summed E-state index contributed by atoms with van der Waals surface area (Å²) in [6.45, 7) is 2.12. The molecule has 4 rings (SSSR count). The highest BCUT2D eigenvalue weighted by Crippen LogP contribution is 2.23. The van der Waals surface area contributed by atoms with Crippen molar-refractivity contribution in [1.82, 2.24) is 19.6 Å². The molecule has 2 aliphatic heterocycles. The van der Waals surface area contributed by atoms with E-state index in [2.05, 4.69) is 5.10 Å². The Hall–Kier alpha value is -2.35. The van der Waals surface area contributed by atoms with Crippen LogP contribution >= 0.6 is 11.8 Å². The number of benzene rings is 1. The Morgan fingerprint density at radius 1 is 1.14 bits per heavy atom. The van der Waals surface area contributed by atoms with Crippen LogP contribution in [0.4, 0.5) is 0 Å². The van der Waals surface area contributed by atoms with Gasteiger partial charge in [0.15, 0.2) is 0 Å². The molecule has 2 amide bonds. The van der Waals surface area contributed by atoms with Crippen molar-refractivity contribution in [2.45, 2.75) is 25.3 Å². The minimum Gasteiger partial charge on any atom is -0.339 e. The Labute approximate surface area is 167 Å². The molecule has 3 heterocycles. The molecule has 7 nitrogen and oxygen atoms in total. The van der Waals surface area contributed by atoms with Crippen LogP contribution in [0.15, 0.2) is 29.1 Å². The van der Waals surface area contributed by atoms with Crippen LogP contribution in [0.2, 0.25) is 0 Å². The van der Waals surface area contributed by atoms with Crippen molar-refractivity contribution < 1.29 is 9.59 Å². The van der Waals surface area contributed by atoms with Crippen molar-refractivity contribution in [3.63, 3.8) is 0 Å². The third kappa shape index (κ3) is 3.53. The van der Waals surface area contributed by atoms with Gasteiger partial charge in [0.2, 0.25) is 11.8 Å². The van der Waals surface area contributed by atoms with E-state index in [9.17, 15) is 14.4 Å². The third-order valence-corrected chi connectivity index (χ3v) is 6.48. The fourth-order valence-electron chi connectivity index (χ4n) is 4.07. The van der Waals surface area contributed by atoms with Crippen molar-refractivity contribution in [2.75, 3.05) is 31.1 Å². The van der Waals surface area contributed by atoms with Crippen LogP contribution in [0, 0.1) is 0 Å². The number of fused-ring (bicyclic) bond motifs is 1. The summed E-state index contributed by atoms with van der Waals surface area (Å²) in [5.41, 5.74) is 0.402. The van der Waals surface area contributed by atoms with Gasteiger partial charge in [-0.1, -0.05) is 18.2 Å². The molecule has 1 unspecified atom stereocenters. The molecule has 1 aromatic carbocycles. The van der Waals surface area contributed by atoms with Crippen molar-refractivity contribution >= 4 is 34.3 Å². The highest BCUT2D eigenvalue weighted by Gasteiger charge is 2.37. The van der Waals surface area contributed by atoms with Crippen LogP contribution in [0.5, 0.6) is 0 Å². The predicted octanol–water partition coefficient (Wildman–Crippen LogP) is 1.04. The molecule has 0 spiro atoms. The first-order valence-electron chi connectivity index (χ1n) is 9.67. The van der Waals surface area contributed by atoms with E-state index < -0.39 is 0 Å². The second-order valence-electron chi connectivity index (χ2n) is 7.28. The zero-order chi connectivity index (χ0) is 19.7.